The first kappa shape index (κ1) is 14.6. The van der Waals surface area contributed by atoms with Crippen LogP contribution in [0.25, 0.3) is 11.5 Å². The highest BCUT2D eigenvalue weighted by Gasteiger charge is 2.09. The molecule has 0 radical (unpaired) electrons. The number of halogens is 1. The summed E-state index contributed by atoms with van der Waals surface area (Å²) >= 11 is 6.09. The molecule has 112 valence electrons. The number of hydrogen-bond acceptors (Lipinski definition) is 4. The molecule has 1 heterocycles. The van der Waals surface area contributed by atoms with E-state index < -0.39 is 0 Å². The Bertz CT molecular complexity index is 756. The molecule has 0 amide bonds. The van der Waals surface area contributed by atoms with Gasteiger partial charge in [-0.05, 0) is 42.3 Å². The van der Waals surface area contributed by atoms with E-state index in [-0.39, 0.29) is 6.61 Å². The van der Waals surface area contributed by atoms with Crippen molar-refractivity contribution in [2.75, 3.05) is 0 Å². The summed E-state index contributed by atoms with van der Waals surface area (Å²) < 4.78 is 11.3. The summed E-state index contributed by atoms with van der Waals surface area (Å²) in [6.45, 7) is 2.28. The third-order valence-electron chi connectivity index (χ3n) is 3.25. The Hall–Kier alpha value is -2.33. The minimum Gasteiger partial charge on any atom is -0.484 e. The lowest BCUT2D eigenvalue weighted by Crippen LogP contribution is -1.96. The molecule has 0 spiro atoms. The first-order valence-electron chi connectivity index (χ1n) is 7.05. The second-order valence-electron chi connectivity index (χ2n) is 4.76. The number of rotatable bonds is 5. The lowest BCUT2D eigenvalue weighted by molar-refractivity contribution is 0.264. The molecule has 22 heavy (non-hydrogen) atoms. The van der Waals surface area contributed by atoms with Gasteiger partial charge < -0.3 is 9.15 Å². The monoisotopic (exact) mass is 314 g/mol. The average Bonchev–Trinajstić information content (AvgIpc) is 3.04. The number of ether oxygens (including phenoxy) is 1. The molecule has 0 aliphatic carbocycles. The molecular formula is C17H15ClN2O2. The number of nitrogens with zero attached hydrogens (tertiary/aromatic N) is 2. The SMILES string of the molecule is CCc1cc(OCc2nnc(-c3ccccc3)o2)ccc1Cl. The number of aryl methyl sites for hydroxylation is 1. The molecule has 5 heteroatoms. The predicted octanol–water partition coefficient (Wildman–Crippen LogP) is 4.53. The highest BCUT2D eigenvalue weighted by Crippen LogP contribution is 2.23. The van der Waals surface area contributed by atoms with E-state index >= 15 is 0 Å². The lowest BCUT2D eigenvalue weighted by Gasteiger charge is -2.06. The Morgan fingerprint density at radius 3 is 2.68 bits per heavy atom. The lowest BCUT2D eigenvalue weighted by atomic mass is 10.1. The normalized spacial score (nSPS) is 10.6. The topological polar surface area (TPSA) is 48.2 Å². The van der Waals surface area contributed by atoms with Gasteiger partial charge in [0.05, 0.1) is 0 Å². The van der Waals surface area contributed by atoms with E-state index in [0.29, 0.717) is 11.8 Å². The zero-order valence-electron chi connectivity index (χ0n) is 12.1. The molecule has 0 N–H and O–H groups in total. The van der Waals surface area contributed by atoms with E-state index in [1.54, 1.807) is 0 Å². The Morgan fingerprint density at radius 2 is 1.91 bits per heavy atom. The fourth-order valence-electron chi connectivity index (χ4n) is 2.07. The largest absolute Gasteiger partial charge is 0.484 e. The molecule has 3 aromatic rings. The zero-order chi connectivity index (χ0) is 15.4. The number of benzene rings is 2. The van der Waals surface area contributed by atoms with Crippen LogP contribution in [0.1, 0.15) is 18.4 Å². The van der Waals surface area contributed by atoms with E-state index in [4.69, 9.17) is 20.8 Å². The maximum absolute atomic E-state index is 6.09. The molecule has 0 fully saturated rings. The van der Waals surface area contributed by atoms with Crippen molar-refractivity contribution >= 4 is 11.6 Å². The van der Waals surface area contributed by atoms with E-state index in [2.05, 4.69) is 17.1 Å². The van der Waals surface area contributed by atoms with Crippen molar-refractivity contribution in [3.8, 4) is 17.2 Å². The third-order valence-corrected chi connectivity index (χ3v) is 3.62. The second kappa shape index (κ2) is 6.62. The summed E-state index contributed by atoms with van der Waals surface area (Å²) in [4.78, 5) is 0. The molecule has 0 aliphatic rings. The van der Waals surface area contributed by atoms with E-state index in [1.165, 1.54) is 0 Å². The molecule has 0 atom stereocenters. The molecule has 0 aliphatic heterocycles. The van der Waals surface area contributed by atoms with Crippen molar-refractivity contribution in [2.45, 2.75) is 20.0 Å². The molecule has 1 aromatic heterocycles. The smallest absolute Gasteiger partial charge is 0.254 e. The van der Waals surface area contributed by atoms with Gasteiger partial charge in [0, 0.05) is 10.6 Å². The van der Waals surface area contributed by atoms with Crippen LogP contribution in [0.15, 0.2) is 52.9 Å². The van der Waals surface area contributed by atoms with Crippen LogP contribution in [0, 0.1) is 0 Å². The van der Waals surface area contributed by atoms with Gasteiger partial charge in [0.2, 0.25) is 5.89 Å². The summed E-state index contributed by atoms with van der Waals surface area (Å²) in [5, 5.41) is 8.78. The quantitative estimate of drug-likeness (QED) is 0.694. The van der Waals surface area contributed by atoms with Gasteiger partial charge in [-0.1, -0.05) is 36.7 Å². The Balaban J connectivity index is 1.69. The molecule has 2 aromatic carbocycles. The van der Waals surface area contributed by atoms with E-state index in [9.17, 15) is 0 Å². The first-order chi connectivity index (χ1) is 10.8. The number of aromatic nitrogens is 2. The molecule has 4 nitrogen and oxygen atoms in total. The predicted molar refractivity (Wildman–Crippen MR) is 84.9 cm³/mol. The maximum atomic E-state index is 6.09. The molecular weight excluding hydrogens is 300 g/mol. The Kier molecular flexibility index (Phi) is 4.39. The molecule has 0 saturated heterocycles. The minimum absolute atomic E-state index is 0.227. The highest BCUT2D eigenvalue weighted by atomic mass is 35.5. The maximum Gasteiger partial charge on any atom is 0.254 e. The molecule has 0 saturated carbocycles. The van der Waals surface area contributed by atoms with Crippen molar-refractivity contribution in [3.63, 3.8) is 0 Å². The first-order valence-corrected chi connectivity index (χ1v) is 7.43. The fourth-order valence-corrected chi connectivity index (χ4v) is 2.32. The Labute approximate surface area is 133 Å². The van der Waals surface area contributed by atoms with E-state index in [1.807, 2.05) is 48.5 Å². The summed E-state index contributed by atoms with van der Waals surface area (Å²) in [6.07, 6.45) is 0.856. The van der Waals surface area contributed by atoms with Crippen molar-refractivity contribution < 1.29 is 9.15 Å². The molecule has 0 bridgehead atoms. The summed E-state index contributed by atoms with van der Waals surface area (Å²) in [5.41, 5.74) is 1.94. The van der Waals surface area contributed by atoms with E-state index in [0.717, 1.165) is 28.3 Å². The van der Waals surface area contributed by atoms with Crippen LogP contribution in [-0.4, -0.2) is 10.2 Å². The van der Waals surface area contributed by atoms with Crippen molar-refractivity contribution in [1.29, 1.82) is 0 Å². The van der Waals surface area contributed by atoms with Gasteiger partial charge in [-0.25, -0.2) is 0 Å². The van der Waals surface area contributed by atoms with Gasteiger partial charge in [0.1, 0.15) is 5.75 Å². The average molecular weight is 315 g/mol. The van der Waals surface area contributed by atoms with Crippen LogP contribution in [0.4, 0.5) is 0 Å². The Morgan fingerprint density at radius 1 is 1.09 bits per heavy atom. The summed E-state index contributed by atoms with van der Waals surface area (Å²) in [6, 6.07) is 15.2. The van der Waals surface area contributed by atoms with Crippen LogP contribution < -0.4 is 4.74 Å². The molecule has 3 rings (SSSR count). The van der Waals surface area contributed by atoms with Crippen LogP contribution >= 0.6 is 11.6 Å². The standard InChI is InChI=1S/C17H15ClN2O2/c1-2-12-10-14(8-9-15(12)18)21-11-16-19-20-17(22-16)13-6-4-3-5-7-13/h3-10H,2,11H2,1H3. The number of hydrogen-bond donors (Lipinski definition) is 0. The fraction of sp³-hybridized carbons (Fsp3) is 0.176. The van der Waals surface area contributed by atoms with Crippen LogP contribution in [0.3, 0.4) is 0 Å². The van der Waals surface area contributed by atoms with Gasteiger partial charge >= 0.3 is 0 Å². The highest BCUT2D eigenvalue weighted by molar-refractivity contribution is 6.31. The minimum atomic E-state index is 0.227. The van der Waals surface area contributed by atoms with Crippen molar-refractivity contribution in [3.05, 3.63) is 65.0 Å². The van der Waals surface area contributed by atoms with Crippen molar-refractivity contribution in [1.82, 2.24) is 10.2 Å². The van der Waals surface area contributed by atoms with Crippen LogP contribution in [0.2, 0.25) is 5.02 Å². The van der Waals surface area contributed by atoms with Gasteiger partial charge in [-0.15, -0.1) is 10.2 Å². The van der Waals surface area contributed by atoms with Gasteiger partial charge in [0.25, 0.3) is 5.89 Å². The van der Waals surface area contributed by atoms with Crippen molar-refractivity contribution in [2.24, 2.45) is 0 Å². The summed E-state index contributed by atoms with van der Waals surface area (Å²) in [7, 11) is 0. The molecule has 0 unspecified atom stereocenters. The summed E-state index contributed by atoms with van der Waals surface area (Å²) in [5.74, 6) is 1.66. The zero-order valence-corrected chi connectivity index (χ0v) is 12.9. The van der Waals surface area contributed by atoms with Gasteiger partial charge in [-0.3, -0.25) is 0 Å². The second-order valence-corrected chi connectivity index (χ2v) is 5.17. The van der Waals surface area contributed by atoms with Crippen LogP contribution in [-0.2, 0) is 13.0 Å². The van der Waals surface area contributed by atoms with Gasteiger partial charge in [-0.2, -0.15) is 0 Å². The van der Waals surface area contributed by atoms with Gasteiger partial charge in [0.15, 0.2) is 6.61 Å². The van der Waals surface area contributed by atoms with Crippen LogP contribution in [0.5, 0.6) is 5.75 Å². The third kappa shape index (κ3) is 3.28.